The van der Waals surface area contributed by atoms with Crippen molar-refractivity contribution in [2.24, 2.45) is 0 Å². The molecule has 4 aromatic rings. The monoisotopic (exact) mass is 428 g/mol. The summed E-state index contributed by atoms with van der Waals surface area (Å²) in [5, 5.41) is 3.80. The van der Waals surface area contributed by atoms with Gasteiger partial charge in [-0.25, -0.2) is 0 Å². The van der Waals surface area contributed by atoms with Crippen LogP contribution in [0.5, 0.6) is 11.5 Å². The first-order valence-electron chi connectivity index (χ1n) is 10.2. The van der Waals surface area contributed by atoms with Crippen molar-refractivity contribution in [1.82, 2.24) is 10.3 Å². The van der Waals surface area contributed by atoms with Crippen LogP contribution in [-0.4, -0.2) is 25.1 Å². The van der Waals surface area contributed by atoms with Gasteiger partial charge in [0.05, 0.1) is 20.5 Å². The smallest absolute Gasteiger partial charge is 0.244 e. The van der Waals surface area contributed by atoms with E-state index in [4.69, 9.17) is 13.9 Å². The number of aromatic nitrogens is 1. The third kappa shape index (κ3) is 4.34. The largest absolute Gasteiger partial charge is 0.496 e. The minimum absolute atomic E-state index is 0.189. The van der Waals surface area contributed by atoms with Gasteiger partial charge in [0.1, 0.15) is 17.1 Å². The second-order valence-electron chi connectivity index (χ2n) is 7.30. The summed E-state index contributed by atoms with van der Waals surface area (Å²) in [6.45, 7) is 2.29. The van der Waals surface area contributed by atoms with Gasteiger partial charge in [-0.15, -0.1) is 0 Å². The van der Waals surface area contributed by atoms with Crippen molar-refractivity contribution in [3.05, 3.63) is 84.4 Å². The standard InChI is InChI=1S/C26H24N2O4/c1-17(11-26(29)28-15-18-7-6-10-27-14-18)20-12-21-22(16-32-25(21)13-24(20)31-3)19-8-4-5-9-23(19)30-2/h4-14,16H,15H2,1-3H3,(H,28,29)/b17-11+. The third-order valence-corrected chi connectivity index (χ3v) is 5.25. The molecule has 2 heterocycles. The quantitative estimate of drug-likeness (QED) is 0.408. The molecule has 0 aliphatic rings. The minimum atomic E-state index is -0.189. The van der Waals surface area contributed by atoms with Crippen molar-refractivity contribution >= 4 is 22.4 Å². The molecule has 0 saturated carbocycles. The van der Waals surface area contributed by atoms with E-state index in [1.807, 2.05) is 55.5 Å². The van der Waals surface area contributed by atoms with Crippen LogP contribution in [0, 0.1) is 0 Å². The highest BCUT2D eigenvalue weighted by Crippen LogP contribution is 2.40. The molecule has 4 rings (SSSR count). The topological polar surface area (TPSA) is 73.6 Å². The number of benzene rings is 2. The van der Waals surface area contributed by atoms with Crippen molar-refractivity contribution in [3.8, 4) is 22.6 Å². The van der Waals surface area contributed by atoms with Crippen molar-refractivity contribution in [2.45, 2.75) is 13.5 Å². The Labute approximate surface area is 186 Å². The maximum absolute atomic E-state index is 12.5. The summed E-state index contributed by atoms with van der Waals surface area (Å²) < 4.78 is 16.9. The summed E-state index contributed by atoms with van der Waals surface area (Å²) >= 11 is 0. The number of furan rings is 1. The number of carbonyl (C=O) groups is 1. The molecule has 0 bridgehead atoms. The van der Waals surface area contributed by atoms with E-state index in [1.165, 1.54) is 0 Å². The van der Waals surface area contributed by atoms with Crippen LogP contribution < -0.4 is 14.8 Å². The van der Waals surface area contributed by atoms with Gasteiger partial charge >= 0.3 is 0 Å². The van der Waals surface area contributed by atoms with Gasteiger partial charge in [-0.1, -0.05) is 24.3 Å². The molecule has 0 unspecified atom stereocenters. The average Bonchev–Trinajstić information content (AvgIpc) is 3.25. The molecule has 0 aliphatic heterocycles. The highest BCUT2D eigenvalue weighted by Gasteiger charge is 2.16. The Morgan fingerprint density at radius 2 is 1.88 bits per heavy atom. The maximum atomic E-state index is 12.5. The van der Waals surface area contributed by atoms with E-state index in [0.717, 1.165) is 39.0 Å². The van der Waals surface area contributed by atoms with Crippen LogP contribution in [0.15, 0.2) is 77.7 Å². The Balaban J connectivity index is 1.68. The van der Waals surface area contributed by atoms with Gasteiger partial charge < -0.3 is 19.2 Å². The Bertz CT molecular complexity index is 1280. The Morgan fingerprint density at radius 3 is 2.62 bits per heavy atom. The maximum Gasteiger partial charge on any atom is 0.244 e. The number of nitrogens with one attached hydrogen (secondary N) is 1. The van der Waals surface area contributed by atoms with Crippen LogP contribution >= 0.6 is 0 Å². The van der Waals surface area contributed by atoms with E-state index in [1.54, 1.807) is 39.0 Å². The Hall–Kier alpha value is -4.06. The molecule has 162 valence electrons. The highest BCUT2D eigenvalue weighted by molar-refractivity contribution is 6.01. The van der Waals surface area contributed by atoms with E-state index < -0.39 is 0 Å². The first-order chi connectivity index (χ1) is 15.6. The van der Waals surface area contributed by atoms with Crippen molar-refractivity contribution in [3.63, 3.8) is 0 Å². The van der Waals surface area contributed by atoms with E-state index >= 15 is 0 Å². The van der Waals surface area contributed by atoms with Crippen molar-refractivity contribution < 1.29 is 18.7 Å². The second-order valence-corrected chi connectivity index (χ2v) is 7.30. The SMILES string of the molecule is COc1cc2occ(-c3ccccc3OC)c2cc1/C(C)=C/C(=O)NCc1cccnc1. The van der Waals surface area contributed by atoms with Crippen LogP contribution in [0.3, 0.4) is 0 Å². The number of rotatable bonds is 7. The summed E-state index contributed by atoms with van der Waals surface area (Å²) in [6, 6.07) is 15.4. The lowest BCUT2D eigenvalue weighted by Crippen LogP contribution is -2.20. The number of para-hydroxylation sites is 1. The fourth-order valence-electron chi connectivity index (χ4n) is 3.63. The number of fused-ring (bicyclic) bond motifs is 1. The zero-order chi connectivity index (χ0) is 22.5. The van der Waals surface area contributed by atoms with E-state index in [2.05, 4.69) is 10.3 Å². The molecule has 0 fully saturated rings. The molecule has 6 heteroatoms. The molecular formula is C26H24N2O4. The first kappa shape index (κ1) is 21.2. The van der Waals surface area contributed by atoms with Gasteiger partial charge in [0.15, 0.2) is 0 Å². The normalized spacial score (nSPS) is 11.4. The predicted molar refractivity (Wildman–Crippen MR) is 124 cm³/mol. The molecule has 2 aromatic heterocycles. The number of nitrogens with zero attached hydrogens (tertiary/aromatic N) is 1. The molecular weight excluding hydrogens is 404 g/mol. The van der Waals surface area contributed by atoms with Crippen molar-refractivity contribution in [1.29, 1.82) is 0 Å². The lowest BCUT2D eigenvalue weighted by Gasteiger charge is -2.11. The number of hydrogen-bond donors (Lipinski definition) is 1. The number of carbonyl (C=O) groups excluding carboxylic acids is 1. The van der Waals surface area contributed by atoms with Crippen LogP contribution in [0.25, 0.3) is 27.7 Å². The number of allylic oxidation sites excluding steroid dienone is 1. The molecule has 32 heavy (non-hydrogen) atoms. The van der Waals surface area contributed by atoms with Gasteiger partial charge in [0, 0.05) is 53.2 Å². The summed E-state index contributed by atoms with van der Waals surface area (Å²) in [5.74, 6) is 1.20. The van der Waals surface area contributed by atoms with Crippen molar-refractivity contribution in [2.75, 3.05) is 14.2 Å². The van der Waals surface area contributed by atoms with Gasteiger partial charge in [-0.2, -0.15) is 0 Å². The molecule has 0 atom stereocenters. The zero-order valence-electron chi connectivity index (χ0n) is 18.2. The summed E-state index contributed by atoms with van der Waals surface area (Å²) in [4.78, 5) is 16.6. The molecule has 0 radical (unpaired) electrons. The van der Waals surface area contributed by atoms with Crippen LogP contribution in [-0.2, 0) is 11.3 Å². The fraction of sp³-hybridized carbons (Fsp3) is 0.154. The fourth-order valence-corrected chi connectivity index (χ4v) is 3.63. The van der Waals surface area contributed by atoms with E-state index in [-0.39, 0.29) is 5.91 Å². The zero-order valence-corrected chi connectivity index (χ0v) is 18.2. The lowest BCUT2D eigenvalue weighted by molar-refractivity contribution is -0.116. The number of pyridine rings is 1. The van der Waals surface area contributed by atoms with Gasteiger partial charge in [-0.3, -0.25) is 9.78 Å². The first-order valence-corrected chi connectivity index (χ1v) is 10.2. The van der Waals surface area contributed by atoms with E-state index in [9.17, 15) is 4.79 Å². The Kier molecular flexibility index (Phi) is 6.22. The molecule has 2 aromatic carbocycles. The van der Waals surface area contributed by atoms with Gasteiger partial charge in [0.2, 0.25) is 5.91 Å². The summed E-state index contributed by atoms with van der Waals surface area (Å²) in [7, 11) is 3.25. The lowest BCUT2D eigenvalue weighted by atomic mass is 9.98. The average molecular weight is 428 g/mol. The molecule has 0 saturated heterocycles. The molecule has 6 nitrogen and oxygen atoms in total. The molecule has 0 aliphatic carbocycles. The van der Waals surface area contributed by atoms with Crippen LogP contribution in [0.1, 0.15) is 18.1 Å². The summed E-state index contributed by atoms with van der Waals surface area (Å²) in [6.07, 6.45) is 6.72. The van der Waals surface area contributed by atoms with Crippen LogP contribution in [0.4, 0.5) is 0 Å². The minimum Gasteiger partial charge on any atom is -0.496 e. The predicted octanol–water partition coefficient (Wildman–Crippen LogP) is 5.23. The van der Waals surface area contributed by atoms with E-state index in [0.29, 0.717) is 17.9 Å². The number of methoxy groups -OCH3 is 2. The summed E-state index contributed by atoms with van der Waals surface area (Å²) in [5.41, 5.74) is 5.07. The van der Waals surface area contributed by atoms with Gasteiger partial charge in [-0.05, 0) is 36.3 Å². The highest BCUT2D eigenvalue weighted by atomic mass is 16.5. The number of ether oxygens (including phenoxy) is 2. The number of amides is 1. The Morgan fingerprint density at radius 1 is 1.06 bits per heavy atom. The second kappa shape index (κ2) is 9.39. The third-order valence-electron chi connectivity index (χ3n) is 5.25. The molecule has 1 N–H and O–H groups in total. The number of hydrogen-bond acceptors (Lipinski definition) is 5. The molecule has 1 amide bonds. The van der Waals surface area contributed by atoms with Crippen LogP contribution in [0.2, 0.25) is 0 Å². The molecule has 0 spiro atoms. The van der Waals surface area contributed by atoms with Gasteiger partial charge in [0.25, 0.3) is 0 Å².